The lowest BCUT2D eigenvalue weighted by atomic mass is 10.0. The van der Waals surface area contributed by atoms with Crippen LogP contribution in [0.25, 0.3) is 0 Å². The molecule has 6 nitrogen and oxygen atoms in total. The van der Waals surface area contributed by atoms with Crippen molar-refractivity contribution in [2.75, 3.05) is 25.0 Å². The Balaban J connectivity index is 1.95. The van der Waals surface area contributed by atoms with Crippen molar-refractivity contribution in [3.05, 3.63) is 17.0 Å². The van der Waals surface area contributed by atoms with Crippen LogP contribution < -0.4 is 11.1 Å². The Hall–Kier alpha value is -1.69. The zero-order valence-corrected chi connectivity index (χ0v) is 14.7. The van der Waals surface area contributed by atoms with Gasteiger partial charge in [-0.2, -0.15) is 0 Å². The Morgan fingerprint density at radius 3 is 2.30 bits per heavy atom. The van der Waals surface area contributed by atoms with E-state index in [0.717, 1.165) is 49.7 Å². The molecule has 1 aliphatic rings. The average molecular weight is 319 g/mol. The largest absolute Gasteiger partial charge is 0.369 e. The fourth-order valence-electron chi connectivity index (χ4n) is 3.15. The molecule has 0 unspecified atom stereocenters. The summed E-state index contributed by atoms with van der Waals surface area (Å²) in [7, 11) is 0. The molecule has 1 aromatic rings. The molecule has 128 valence electrons. The summed E-state index contributed by atoms with van der Waals surface area (Å²) in [6.07, 6.45) is 2.97. The van der Waals surface area contributed by atoms with Gasteiger partial charge in [0.05, 0.1) is 6.54 Å². The van der Waals surface area contributed by atoms with Crippen LogP contribution in [-0.4, -0.2) is 46.5 Å². The molecule has 1 aromatic heterocycles. The first-order valence-electron chi connectivity index (χ1n) is 8.46. The first-order valence-corrected chi connectivity index (χ1v) is 8.46. The van der Waals surface area contributed by atoms with Crippen LogP contribution in [0.2, 0.25) is 0 Å². The normalized spacial score (nSPS) is 16.7. The third-order valence-corrected chi connectivity index (χ3v) is 4.33. The molecule has 0 saturated carbocycles. The number of amides is 1. The molecule has 1 fully saturated rings. The first kappa shape index (κ1) is 17.7. The maximum atomic E-state index is 11.0. The number of rotatable bonds is 6. The van der Waals surface area contributed by atoms with E-state index in [2.05, 4.69) is 47.9 Å². The molecular formula is C17H29N5O. The number of nitrogens with one attached hydrogen (secondary N) is 1. The summed E-state index contributed by atoms with van der Waals surface area (Å²) in [5.41, 5.74) is 8.65. The van der Waals surface area contributed by atoms with Crippen molar-refractivity contribution in [3.63, 3.8) is 0 Å². The van der Waals surface area contributed by atoms with Crippen LogP contribution in [0.3, 0.4) is 0 Å². The number of nitrogens with two attached hydrogens (primary N) is 1. The fraction of sp³-hybridized carbons (Fsp3) is 0.706. The average Bonchev–Trinajstić information content (AvgIpc) is 2.44. The first-order chi connectivity index (χ1) is 10.8. The van der Waals surface area contributed by atoms with Gasteiger partial charge in [0.1, 0.15) is 0 Å². The lowest BCUT2D eigenvalue weighted by Gasteiger charge is -2.31. The van der Waals surface area contributed by atoms with Crippen molar-refractivity contribution in [2.45, 2.75) is 53.0 Å². The third kappa shape index (κ3) is 5.16. The molecule has 23 heavy (non-hydrogen) atoms. The molecule has 2 rings (SSSR count). The van der Waals surface area contributed by atoms with Gasteiger partial charge in [-0.1, -0.05) is 13.8 Å². The zero-order valence-electron chi connectivity index (χ0n) is 14.7. The van der Waals surface area contributed by atoms with Gasteiger partial charge in [-0.25, -0.2) is 9.97 Å². The predicted molar refractivity (Wildman–Crippen MR) is 92.3 cm³/mol. The van der Waals surface area contributed by atoms with Gasteiger partial charge in [0.15, 0.2) is 0 Å². The molecule has 1 saturated heterocycles. The molecule has 0 aromatic carbocycles. The summed E-state index contributed by atoms with van der Waals surface area (Å²) in [4.78, 5) is 22.3. The standard InChI is InChI=1S/C17H29N5O/c1-11(2)9-15-12(3)19-17(20-13(15)4)21-14-5-7-22(8-6-14)10-16(18)23/h11,14H,5-10H2,1-4H3,(H2,18,23)(H,19,20,21). The summed E-state index contributed by atoms with van der Waals surface area (Å²) in [5.74, 6) is 1.07. The Morgan fingerprint density at radius 2 is 1.83 bits per heavy atom. The number of hydrogen-bond donors (Lipinski definition) is 2. The van der Waals surface area contributed by atoms with Crippen molar-refractivity contribution < 1.29 is 4.79 Å². The van der Waals surface area contributed by atoms with Crippen molar-refractivity contribution in [2.24, 2.45) is 11.7 Å². The van der Waals surface area contributed by atoms with E-state index in [9.17, 15) is 4.79 Å². The van der Waals surface area contributed by atoms with Gasteiger partial charge in [0.25, 0.3) is 0 Å². The van der Waals surface area contributed by atoms with E-state index in [1.165, 1.54) is 5.56 Å². The monoisotopic (exact) mass is 319 g/mol. The molecule has 0 atom stereocenters. The minimum Gasteiger partial charge on any atom is -0.369 e. The van der Waals surface area contributed by atoms with Gasteiger partial charge in [-0.05, 0) is 44.6 Å². The number of aryl methyl sites for hydroxylation is 2. The Labute approximate surface area is 138 Å². The van der Waals surface area contributed by atoms with Crippen LogP contribution >= 0.6 is 0 Å². The van der Waals surface area contributed by atoms with E-state index < -0.39 is 0 Å². The van der Waals surface area contributed by atoms with E-state index in [4.69, 9.17) is 5.73 Å². The summed E-state index contributed by atoms with van der Waals surface area (Å²) >= 11 is 0. The maximum absolute atomic E-state index is 11.0. The summed E-state index contributed by atoms with van der Waals surface area (Å²) in [5, 5.41) is 3.45. The fourth-order valence-corrected chi connectivity index (χ4v) is 3.15. The van der Waals surface area contributed by atoms with E-state index >= 15 is 0 Å². The van der Waals surface area contributed by atoms with Crippen molar-refractivity contribution in [1.82, 2.24) is 14.9 Å². The molecular weight excluding hydrogens is 290 g/mol. The molecule has 1 amide bonds. The maximum Gasteiger partial charge on any atom is 0.231 e. The highest BCUT2D eigenvalue weighted by Gasteiger charge is 2.21. The Bertz CT molecular complexity index is 527. The van der Waals surface area contributed by atoms with Crippen LogP contribution in [0.4, 0.5) is 5.95 Å². The van der Waals surface area contributed by atoms with Gasteiger partial charge < -0.3 is 11.1 Å². The zero-order chi connectivity index (χ0) is 17.0. The SMILES string of the molecule is Cc1nc(NC2CCN(CC(N)=O)CC2)nc(C)c1CC(C)C. The third-order valence-electron chi connectivity index (χ3n) is 4.33. The highest BCUT2D eigenvalue weighted by Crippen LogP contribution is 2.19. The van der Waals surface area contributed by atoms with Crippen molar-refractivity contribution in [3.8, 4) is 0 Å². The molecule has 3 N–H and O–H groups in total. The minimum atomic E-state index is -0.258. The highest BCUT2D eigenvalue weighted by molar-refractivity contribution is 5.75. The lowest BCUT2D eigenvalue weighted by Crippen LogP contribution is -2.43. The summed E-state index contributed by atoms with van der Waals surface area (Å²) in [6.45, 7) is 10.7. The van der Waals surface area contributed by atoms with Crippen LogP contribution in [0.1, 0.15) is 43.6 Å². The summed E-state index contributed by atoms with van der Waals surface area (Å²) in [6, 6.07) is 0.355. The molecule has 0 bridgehead atoms. The van der Waals surface area contributed by atoms with Crippen LogP contribution in [0.15, 0.2) is 0 Å². The second kappa shape index (κ2) is 7.73. The van der Waals surface area contributed by atoms with E-state index in [0.29, 0.717) is 18.5 Å². The van der Waals surface area contributed by atoms with Crippen LogP contribution in [0.5, 0.6) is 0 Å². The molecule has 0 spiro atoms. The molecule has 6 heteroatoms. The van der Waals surface area contributed by atoms with E-state index in [1.807, 2.05) is 0 Å². The number of piperidine rings is 1. The second-order valence-corrected chi connectivity index (χ2v) is 6.96. The number of primary amides is 1. The van der Waals surface area contributed by atoms with Crippen molar-refractivity contribution in [1.29, 1.82) is 0 Å². The predicted octanol–water partition coefficient (Wildman–Crippen LogP) is 1.65. The number of hydrogen-bond acceptors (Lipinski definition) is 5. The lowest BCUT2D eigenvalue weighted by molar-refractivity contribution is -0.119. The van der Waals surface area contributed by atoms with Gasteiger partial charge in [-0.3, -0.25) is 9.69 Å². The van der Waals surface area contributed by atoms with E-state index in [1.54, 1.807) is 0 Å². The van der Waals surface area contributed by atoms with E-state index in [-0.39, 0.29) is 5.91 Å². The van der Waals surface area contributed by atoms with Gasteiger partial charge >= 0.3 is 0 Å². The van der Waals surface area contributed by atoms with Crippen molar-refractivity contribution >= 4 is 11.9 Å². The minimum absolute atomic E-state index is 0.258. The molecule has 0 radical (unpaired) electrons. The van der Waals surface area contributed by atoms with Gasteiger partial charge in [0, 0.05) is 30.5 Å². The number of carbonyl (C=O) groups is 1. The number of likely N-dealkylation sites (tertiary alicyclic amines) is 1. The number of anilines is 1. The number of carbonyl (C=O) groups excluding carboxylic acids is 1. The topological polar surface area (TPSA) is 84.1 Å². The molecule has 1 aliphatic heterocycles. The Morgan fingerprint density at radius 1 is 1.26 bits per heavy atom. The second-order valence-electron chi connectivity index (χ2n) is 6.96. The number of nitrogens with zero attached hydrogens (tertiary/aromatic N) is 3. The van der Waals surface area contributed by atoms with Gasteiger partial charge in [0.2, 0.25) is 11.9 Å². The molecule has 2 heterocycles. The Kier molecular flexibility index (Phi) is 5.93. The number of aromatic nitrogens is 2. The summed E-state index contributed by atoms with van der Waals surface area (Å²) < 4.78 is 0. The highest BCUT2D eigenvalue weighted by atomic mass is 16.1. The van der Waals surface area contributed by atoms with Crippen LogP contribution in [0, 0.1) is 19.8 Å². The van der Waals surface area contributed by atoms with Gasteiger partial charge in [-0.15, -0.1) is 0 Å². The molecule has 0 aliphatic carbocycles. The smallest absolute Gasteiger partial charge is 0.231 e. The van der Waals surface area contributed by atoms with Crippen LogP contribution in [-0.2, 0) is 11.2 Å². The quantitative estimate of drug-likeness (QED) is 0.833.